The van der Waals surface area contributed by atoms with Crippen molar-refractivity contribution in [3.63, 3.8) is 0 Å². The van der Waals surface area contributed by atoms with E-state index in [-0.39, 0.29) is 0 Å². The van der Waals surface area contributed by atoms with Gasteiger partial charge in [0.15, 0.2) is 0 Å². The Morgan fingerprint density at radius 2 is 2.00 bits per heavy atom. The SMILES string of the molecule is Nc1ccc(OCC2CCCC2)c2ccncc12. The molecule has 1 aromatic heterocycles. The number of nitrogens with two attached hydrogens (primary N) is 1. The average molecular weight is 242 g/mol. The van der Waals surface area contributed by atoms with Gasteiger partial charge in [-0.25, -0.2) is 0 Å². The molecule has 0 aliphatic heterocycles. The van der Waals surface area contributed by atoms with Crippen LogP contribution in [-0.4, -0.2) is 11.6 Å². The summed E-state index contributed by atoms with van der Waals surface area (Å²) in [5.41, 5.74) is 6.70. The highest BCUT2D eigenvalue weighted by molar-refractivity contribution is 5.96. The molecule has 0 radical (unpaired) electrons. The average Bonchev–Trinajstić information content (AvgIpc) is 2.92. The normalized spacial score (nSPS) is 16.2. The molecule has 3 rings (SSSR count). The Balaban J connectivity index is 1.85. The number of hydrogen-bond acceptors (Lipinski definition) is 3. The van der Waals surface area contributed by atoms with Crippen LogP contribution in [0.25, 0.3) is 10.8 Å². The number of fused-ring (bicyclic) bond motifs is 1. The van der Waals surface area contributed by atoms with Crippen molar-refractivity contribution in [3.05, 3.63) is 30.6 Å². The van der Waals surface area contributed by atoms with E-state index < -0.39 is 0 Å². The molecule has 0 bridgehead atoms. The summed E-state index contributed by atoms with van der Waals surface area (Å²) in [5, 5.41) is 2.03. The van der Waals surface area contributed by atoms with Crippen molar-refractivity contribution in [1.29, 1.82) is 0 Å². The Labute approximate surface area is 107 Å². The molecule has 3 heteroatoms. The van der Waals surface area contributed by atoms with Crippen molar-refractivity contribution in [2.75, 3.05) is 12.3 Å². The zero-order chi connectivity index (χ0) is 12.4. The molecular formula is C15H18N2O. The molecule has 0 saturated heterocycles. The van der Waals surface area contributed by atoms with Crippen LogP contribution < -0.4 is 10.5 Å². The molecule has 1 aliphatic rings. The van der Waals surface area contributed by atoms with E-state index in [1.54, 1.807) is 12.4 Å². The lowest BCUT2D eigenvalue weighted by Crippen LogP contribution is -2.08. The Bertz CT molecular complexity index is 547. The van der Waals surface area contributed by atoms with E-state index in [1.807, 2.05) is 18.2 Å². The molecule has 1 aliphatic carbocycles. The third-order valence-corrected chi connectivity index (χ3v) is 3.76. The zero-order valence-corrected chi connectivity index (χ0v) is 10.4. The van der Waals surface area contributed by atoms with Gasteiger partial charge >= 0.3 is 0 Å². The zero-order valence-electron chi connectivity index (χ0n) is 10.4. The van der Waals surface area contributed by atoms with Crippen LogP contribution in [0.2, 0.25) is 0 Å². The molecule has 0 atom stereocenters. The molecule has 0 unspecified atom stereocenters. The van der Waals surface area contributed by atoms with E-state index in [0.717, 1.165) is 34.7 Å². The first kappa shape index (κ1) is 11.3. The van der Waals surface area contributed by atoms with E-state index in [1.165, 1.54) is 25.7 Å². The number of benzene rings is 1. The van der Waals surface area contributed by atoms with Crippen molar-refractivity contribution in [2.45, 2.75) is 25.7 Å². The van der Waals surface area contributed by atoms with Crippen LogP contribution >= 0.6 is 0 Å². The molecule has 3 nitrogen and oxygen atoms in total. The maximum Gasteiger partial charge on any atom is 0.127 e. The third-order valence-electron chi connectivity index (χ3n) is 3.76. The van der Waals surface area contributed by atoms with Gasteiger partial charge in [-0.3, -0.25) is 4.98 Å². The Morgan fingerprint density at radius 1 is 1.17 bits per heavy atom. The third kappa shape index (κ3) is 2.13. The van der Waals surface area contributed by atoms with Gasteiger partial charge in [-0.1, -0.05) is 12.8 Å². The molecule has 2 N–H and O–H groups in total. The smallest absolute Gasteiger partial charge is 0.127 e. The first-order valence-electron chi connectivity index (χ1n) is 6.59. The number of nitrogens with zero attached hydrogens (tertiary/aromatic N) is 1. The summed E-state index contributed by atoms with van der Waals surface area (Å²) in [6.07, 6.45) is 8.88. The van der Waals surface area contributed by atoms with Crippen LogP contribution in [0.1, 0.15) is 25.7 Å². The summed E-state index contributed by atoms with van der Waals surface area (Å²) in [6.45, 7) is 0.821. The highest BCUT2D eigenvalue weighted by atomic mass is 16.5. The lowest BCUT2D eigenvalue weighted by Gasteiger charge is -2.13. The van der Waals surface area contributed by atoms with E-state index in [2.05, 4.69) is 4.98 Å². The summed E-state index contributed by atoms with van der Waals surface area (Å²) in [5.74, 6) is 1.65. The number of nitrogen functional groups attached to an aromatic ring is 1. The van der Waals surface area contributed by atoms with Crippen molar-refractivity contribution >= 4 is 16.5 Å². The van der Waals surface area contributed by atoms with Gasteiger partial charge in [-0.2, -0.15) is 0 Å². The predicted molar refractivity (Wildman–Crippen MR) is 73.6 cm³/mol. The second-order valence-corrected chi connectivity index (χ2v) is 5.04. The molecule has 1 saturated carbocycles. The van der Waals surface area contributed by atoms with Gasteiger partial charge in [-0.05, 0) is 37.0 Å². The van der Waals surface area contributed by atoms with Gasteiger partial charge in [0, 0.05) is 28.9 Å². The minimum absolute atomic E-state index is 0.722. The summed E-state index contributed by atoms with van der Waals surface area (Å²) >= 11 is 0. The summed E-state index contributed by atoms with van der Waals surface area (Å²) in [6, 6.07) is 5.83. The Kier molecular flexibility index (Phi) is 3.05. The van der Waals surface area contributed by atoms with Gasteiger partial charge in [0.2, 0.25) is 0 Å². The largest absolute Gasteiger partial charge is 0.493 e. The van der Waals surface area contributed by atoms with Gasteiger partial charge in [0.1, 0.15) is 5.75 Å². The minimum Gasteiger partial charge on any atom is -0.493 e. The Morgan fingerprint density at radius 3 is 2.83 bits per heavy atom. The van der Waals surface area contributed by atoms with Crippen LogP contribution in [0.4, 0.5) is 5.69 Å². The first-order chi connectivity index (χ1) is 8.84. The van der Waals surface area contributed by atoms with Crippen molar-refractivity contribution in [1.82, 2.24) is 4.98 Å². The lowest BCUT2D eigenvalue weighted by molar-refractivity contribution is 0.255. The molecule has 0 spiro atoms. The van der Waals surface area contributed by atoms with Crippen molar-refractivity contribution in [3.8, 4) is 5.75 Å². The molecular weight excluding hydrogens is 224 g/mol. The first-order valence-corrected chi connectivity index (χ1v) is 6.59. The van der Waals surface area contributed by atoms with Crippen molar-refractivity contribution in [2.24, 2.45) is 5.92 Å². The monoisotopic (exact) mass is 242 g/mol. The minimum atomic E-state index is 0.722. The lowest BCUT2D eigenvalue weighted by atomic mass is 10.1. The van der Waals surface area contributed by atoms with Crippen molar-refractivity contribution < 1.29 is 4.74 Å². The number of anilines is 1. The van der Waals surface area contributed by atoms with Gasteiger partial charge in [0.25, 0.3) is 0 Å². The molecule has 1 fully saturated rings. The van der Waals surface area contributed by atoms with E-state index in [9.17, 15) is 0 Å². The second-order valence-electron chi connectivity index (χ2n) is 5.04. The summed E-state index contributed by atoms with van der Waals surface area (Å²) < 4.78 is 5.97. The standard InChI is InChI=1S/C15H18N2O/c16-14-5-6-15(12-7-8-17-9-13(12)14)18-10-11-3-1-2-4-11/h5-9,11H,1-4,10,16H2. The molecule has 1 aromatic carbocycles. The maximum atomic E-state index is 5.97. The van der Waals surface area contributed by atoms with Crippen LogP contribution in [0, 0.1) is 5.92 Å². The van der Waals surface area contributed by atoms with Gasteiger partial charge < -0.3 is 10.5 Å². The maximum absolute atomic E-state index is 5.97. The number of aromatic nitrogens is 1. The molecule has 2 aromatic rings. The molecule has 1 heterocycles. The fraction of sp³-hybridized carbons (Fsp3) is 0.400. The van der Waals surface area contributed by atoms with Crippen LogP contribution in [-0.2, 0) is 0 Å². The van der Waals surface area contributed by atoms with Gasteiger partial charge in [0.05, 0.1) is 6.61 Å². The summed E-state index contributed by atoms with van der Waals surface area (Å²) in [7, 11) is 0. The van der Waals surface area contributed by atoms with Crippen LogP contribution in [0.3, 0.4) is 0 Å². The number of rotatable bonds is 3. The fourth-order valence-electron chi connectivity index (χ4n) is 2.69. The fourth-order valence-corrected chi connectivity index (χ4v) is 2.69. The van der Waals surface area contributed by atoms with E-state index in [4.69, 9.17) is 10.5 Å². The second kappa shape index (κ2) is 4.84. The van der Waals surface area contributed by atoms with Crippen LogP contribution in [0.5, 0.6) is 5.75 Å². The number of pyridine rings is 1. The molecule has 94 valence electrons. The molecule has 0 amide bonds. The number of hydrogen-bond donors (Lipinski definition) is 1. The Hall–Kier alpha value is -1.77. The van der Waals surface area contributed by atoms with E-state index >= 15 is 0 Å². The quantitative estimate of drug-likeness (QED) is 0.839. The van der Waals surface area contributed by atoms with E-state index in [0.29, 0.717) is 0 Å². The number of ether oxygens (including phenoxy) is 1. The highest BCUT2D eigenvalue weighted by Crippen LogP contribution is 2.31. The predicted octanol–water partition coefficient (Wildman–Crippen LogP) is 3.39. The molecule has 18 heavy (non-hydrogen) atoms. The summed E-state index contributed by atoms with van der Waals surface area (Å²) in [4.78, 5) is 4.12. The van der Waals surface area contributed by atoms with Gasteiger partial charge in [-0.15, -0.1) is 0 Å². The highest BCUT2D eigenvalue weighted by Gasteiger charge is 2.16. The van der Waals surface area contributed by atoms with Crippen LogP contribution in [0.15, 0.2) is 30.6 Å². The topological polar surface area (TPSA) is 48.1 Å².